The van der Waals surface area contributed by atoms with Crippen molar-refractivity contribution in [1.82, 2.24) is 5.32 Å². The Hall–Kier alpha value is -1.09. The van der Waals surface area contributed by atoms with Crippen molar-refractivity contribution in [3.63, 3.8) is 0 Å². The molecule has 1 aromatic carbocycles. The molecule has 1 rings (SSSR count). The molecule has 84 valence electrons. The fourth-order valence-corrected chi connectivity index (χ4v) is 1.36. The number of hydrogen-bond acceptors (Lipinski definition) is 2. The second-order valence-corrected chi connectivity index (χ2v) is 3.83. The van der Waals surface area contributed by atoms with E-state index in [1.165, 1.54) is 13.2 Å². The van der Waals surface area contributed by atoms with E-state index >= 15 is 0 Å². The van der Waals surface area contributed by atoms with E-state index in [0.717, 1.165) is 18.5 Å². The zero-order chi connectivity index (χ0) is 11.3. The van der Waals surface area contributed by atoms with Crippen LogP contribution in [0.4, 0.5) is 4.39 Å². The molecular weight excluding hydrogens is 193 g/mol. The summed E-state index contributed by atoms with van der Waals surface area (Å²) in [5.41, 5.74) is 1.08. The van der Waals surface area contributed by atoms with Crippen LogP contribution in [0.5, 0.6) is 5.75 Å². The third-order valence-electron chi connectivity index (χ3n) is 2.18. The molecule has 0 radical (unpaired) electrons. The molecule has 0 saturated heterocycles. The lowest BCUT2D eigenvalue weighted by Crippen LogP contribution is -2.24. The van der Waals surface area contributed by atoms with Crippen molar-refractivity contribution >= 4 is 0 Å². The minimum absolute atomic E-state index is 0.307. The van der Waals surface area contributed by atoms with E-state index in [1.54, 1.807) is 12.1 Å². The van der Waals surface area contributed by atoms with Gasteiger partial charge in [0.25, 0.3) is 0 Å². The summed E-state index contributed by atoms with van der Waals surface area (Å²) in [6, 6.07) is 5.47. The predicted octanol–water partition coefficient (Wildman–Crippen LogP) is 2.37. The van der Waals surface area contributed by atoms with Crippen LogP contribution in [0.1, 0.15) is 19.4 Å². The maximum atomic E-state index is 13.1. The quantitative estimate of drug-likeness (QED) is 0.807. The van der Waals surface area contributed by atoms with Crippen LogP contribution in [-0.2, 0) is 6.42 Å². The molecule has 1 N–H and O–H groups in total. The first-order chi connectivity index (χ1) is 7.13. The molecule has 0 heterocycles. The smallest absolute Gasteiger partial charge is 0.165 e. The third-order valence-corrected chi connectivity index (χ3v) is 2.18. The normalized spacial score (nSPS) is 10.7. The van der Waals surface area contributed by atoms with Crippen LogP contribution >= 0.6 is 0 Å². The number of rotatable bonds is 5. The number of ether oxygens (including phenoxy) is 1. The van der Waals surface area contributed by atoms with E-state index in [2.05, 4.69) is 19.2 Å². The van der Waals surface area contributed by atoms with Gasteiger partial charge in [-0.3, -0.25) is 0 Å². The predicted molar refractivity (Wildman–Crippen MR) is 59.8 cm³/mol. The van der Waals surface area contributed by atoms with Crippen LogP contribution in [0, 0.1) is 5.82 Å². The molecule has 0 aromatic heterocycles. The van der Waals surface area contributed by atoms with Crippen molar-refractivity contribution in [3.8, 4) is 5.75 Å². The molecule has 0 aliphatic carbocycles. The SMILES string of the molecule is COc1cc(CCNC(C)C)ccc1F. The van der Waals surface area contributed by atoms with Crippen LogP contribution in [0.3, 0.4) is 0 Å². The monoisotopic (exact) mass is 211 g/mol. The minimum atomic E-state index is -0.307. The van der Waals surface area contributed by atoms with Crippen LogP contribution in [-0.4, -0.2) is 19.7 Å². The Morgan fingerprint density at radius 3 is 2.73 bits per heavy atom. The van der Waals surface area contributed by atoms with Crippen molar-refractivity contribution in [1.29, 1.82) is 0 Å². The van der Waals surface area contributed by atoms with E-state index < -0.39 is 0 Å². The van der Waals surface area contributed by atoms with E-state index in [0.29, 0.717) is 11.8 Å². The molecule has 0 aliphatic rings. The Balaban J connectivity index is 2.54. The van der Waals surface area contributed by atoms with Gasteiger partial charge in [0.2, 0.25) is 0 Å². The van der Waals surface area contributed by atoms with Gasteiger partial charge in [0.05, 0.1) is 7.11 Å². The van der Waals surface area contributed by atoms with Gasteiger partial charge in [-0.05, 0) is 30.7 Å². The zero-order valence-electron chi connectivity index (χ0n) is 9.51. The van der Waals surface area contributed by atoms with Gasteiger partial charge in [0.15, 0.2) is 11.6 Å². The highest BCUT2D eigenvalue weighted by Crippen LogP contribution is 2.18. The van der Waals surface area contributed by atoms with Crippen LogP contribution in [0.15, 0.2) is 18.2 Å². The maximum Gasteiger partial charge on any atom is 0.165 e. The van der Waals surface area contributed by atoms with Crippen molar-refractivity contribution in [2.75, 3.05) is 13.7 Å². The topological polar surface area (TPSA) is 21.3 Å². The first kappa shape index (κ1) is 12.0. The van der Waals surface area contributed by atoms with Gasteiger partial charge in [0, 0.05) is 6.04 Å². The zero-order valence-corrected chi connectivity index (χ0v) is 9.51. The summed E-state index contributed by atoms with van der Waals surface area (Å²) < 4.78 is 18.0. The minimum Gasteiger partial charge on any atom is -0.494 e. The van der Waals surface area contributed by atoms with E-state index in [4.69, 9.17) is 4.74 Å². The fraction of sp³-hybridized carbons (Fsp3) is 0.500. The van der Waals surface area contributed by atoms with Crippen molar-refractivity contribution < 1.29 is 9.13 Å². The van der Waals surface area contributed by atoms with Crippen LogP contribution < -0.4 is 10.1 Å². The molecule has 1 aromatic rings. The van der Waals surface area contributed by atoms with Crippen LogP contribution in [0.25, 0.3) is 0 Å². The summed E-state index contributed by atoms with van der Waals surface area (Å²) in [5.74, 6) is 0.00937. The summed E-state index contributed by atoms with van der Waals surface area (Å²) in [7, 11) is 1.48. The Morgan fingerprint density at radius 1 is 1.40 bits per heavy atom. The molecule has 0 fully saturated rings. The lowest BCUT2D eigenvalue weighted by atomic mass is 10.1. The number of nitrogens with one attached hydrogen (secondary N) is 1. The molecule has 0 atom stereocenters. The molecule has 3 heteroatoms. The number of methoxy groups -OCH3 is 1. The molecular formula is C12H18FNO. The second-order valence-electron chi connectivity index (χ2n) is 3.83. The second kappa shape index (κ2) is 5.71. The van der Waals surface area contributed by atoms with Gasteiger partial charge in [-0.25, -0.2) is 4.39 Å². The Labute approximate surface area is 90.4 Å². The largest absolute Gasteiger partial charge is 0.494 e. The summed E-state index contributed by atoms with van der Waals surface area (Å²) in [6.45, 7) is 5.10. The highest BCUT2D eigenvalue weighted by molar-refractivity contribution is 5.30. The molecule has 0 aliphatic heterocycles. The van der Waals surface area contributed by atoms with Gasteiger partial charge in [-0.1, -0.05) is 19.9 Å². The third kappa shape index (κ3) is 3.88. The van der Waals surface area contributed by atoms with E-state index in [1.807, 2.05) is 0 Å². The Kier molecular flexibility index (Phi) is 4.56. The molecule has 0 bridgehead atoms. The molecule has 0 spiro atoms. The Bertz CT molecular complexity index is 312. The van der Waals surface area contributed by atoms with E-state index in [9.17, 15) is 4.39 Å². The fourth-order valence-electron chi connectivity index (χ4n) is 1.36. The van der Waals surface area contributed by atoms with Crippen molar-refractivity contribution in [3.05, 3.63) is 29.6 Å². The van der Waals surface area contributed by atoms with Gasteiger partial charge < -0.3 is 10.1 Å². The van der Waals surface area contributed by atoms with Gasteiger partial charge in [-0.2, -0.15) is 0 Å². The average molecular weight is 211 g/mol. The lowest BCUT2D eigenvalue weighted by Gasteiger charge is -2.09. The standard InChI is InChI=1S/C12H18FNO/c1-9(2)14-7-6-10-4-5-11(13)12(8-10)15-3/h4-5,8-9,14H,6-7H2,1-3H3. The maximum absolute atomic E-state index is 13.1. The van der Waals surface area contributed by atoms with Gasteiger partial charge >= 0.3 is 0 Å². The number of benzene rings is 1. The molecule has 15 heavy (non-hydrogen) atoms. The molecule has 0 saturated carbocycles. The summed E-state index contributed by atoms with van der Waals surface area (Å²) >= 11 is 0. The molecule has 0 unspecified atom stereocenters. The first-order valence-electron chi connectivity index (χ1n) is 5.19. The number of hydrogen-bond donors (Lipinski definition) is 1. The van der Waals surface area contributed by atoms with Crippen molar-refractivity contribution in [2.24, 2.45) is 0 Å². The highest BCUT2D eigenvalue weighted by atomic mass is 19.1. The summed E-state index contributed by atoms with van der Waals surface area (Å²) in [6.07, 6.45) is 0.884. The number of halogens is 1. The average Bonchev–Trinajstić information content (AvgIpc) is 2.20. The van der Waals surface area contributed by atoms with Gasteiger partial charge in [0.1, 0.15) is 0 Å². The summed E-state index contributed by atoms with van der Waals surface area (Å²) in [5, 5.41) is 3.31. The Morgan fingerprint density at radius 2 is 2.13 bits per heavy atom. The highest BCUT2D eigenvalue weighted by Gasteiger charge is 2.03. The van der Waals surface area contributed by atoms with Gasteiger partial charge in [-0.15, -0.1) is 0 Å². The van der Waals surface area contributed by atoms with Crippen molar-refractivity contribution in [2.45, 2.75) is 26.3 Å². The lowest BCUT2D eigenvalue weighted by molar-refractivity contribution is 0.386. The first-order valence-corrected chi connectivity index (χ1v) is 5.19. The van der Waals surface area contributed by atoms with Crippen LogP contribution in [0.2, 0.25) is 0 Å². The molecule has 2 nitrogen and oxygen atoms in total. The summed E-state index contributed by atoms with van der Waals surface area (Å²) in [4.78, 5) is 0. The van der Waals surface area contributed by atoms with E-state index in [-0.39, 0.29) is 5.82 Å². The molecule has 0 amide bonds.